The van der Waals surface area contributed by atoms with Gasteiger partial charge in [-0.15, -0.1) is 0 Å². The summed E-state index contributed by atoms with van der Waals surface area (Å²) < 4.78 is 19.8. The highest BCUT2D eigenvalue weighted by Gasteiger charge is 2.33. The van der Waals surface area contributed by atoms with Gasteiger partial charge in [0.1, 0.15) is 11.9 Å². The van der Waals surface area contributed by atoms with E-state index in [9.17, 15) is 14.0 Å². The maximum atomic E-state index is 14.6. The van der Waals surface area contributed by atoms with E-state index in [1.54, 1.807) is 12.1 Å². The predicted molar refractivity (Wildman–Crippen MR) is 95.0 cm³/mol. The Bertz CT molecular complexity index is 667. The Morgan fingerprint density at radius 2 is 2.08 bits per heavy atom. The summed E-state index contributed by atoms with van der Waals surface area (Å²) >= 11 is 0. The largest absolute Gasteiger partial charge is 0.442 e. The molecule has 2 heterocycles. The van der Waals surface area contributed by atoms with Gasteiger partial charge in [0.25, 0.3) is 0 Å². The van der Waals surface area contributed by atoms with Crippen LogP contribution < -0.4 is 15.1 Å². The van der Waals surface area contributed by atoms with Crippen molar-refractivity contribution in [3.63, 3.8) is 0 Å². The van der Waals surface area contributed by atoms with Gasteiger partial charge >= 0.3 is 6.09 Å². The Morgan fingerprint density at radius 1 is 1.36 bits per heavy atom. The first-order valence-corrected chi connectivity index (χ1v) is 8.39. The number of hydrogen-bond donors (Lipinski definition) is 1. The van der Waals surface area contributed by atoms with E-state index in [4.69, 9.17) is 4.74 Å². The monoisotopic (exact) mass is 348 g/mol. The zero-order valence-electron chi connectivity index (χ0n) is 14.5. The van der Waals surface area contributed by atoms with Crippen molar-refractivity contribution in [3.05, 3.63) is 24.0 Å². The molecule has 2 amide bonds. The third-order valence-electron chi connectivity index (χ3n) is 4.54. The molecule has 0 saturated carbocycles. The molecule has 2 saturated heterocycles. The number of nitrogens with zero attached hydrogens (tertiary/aromatic N) is 3. The molecule has 3 rings (SSSR count). The number of carbonyl (C=O) groups excluding carboxylic acids is 2. The second-order valence-electron chi connectivity index (χ2n) is 6.48. The zero-order valence-corrected chi connectivity index (χ0v) is 14.5. The van der Waals surface area contributed by atoms with Crippen molar-refractivity contribution in [2.24, 2.45) is 0 Å². The standard InChI is InChI=1S/C16H22BFN4O3/c1-11(23)19-9-13-10-22(16(24)25-13)12-2-3-15(14(18)8-12)20-4-6-21(17)7-5-20/h2-3,8,13H,4-7,9-10,17H2,1H3,(H,19,23)/t13-/m0/s1. The minimum atomic E-state index is -0.526. The lowest BCUT2D eigenvalue weighted by Gasteiger charge is -2.34. The van der Waals surface area contributed by atoms with Crippen LogP contribution in [0.3, 0.4) is 0 Å². The Labute approximate surface area is 147 Å². The van der Waals surface area contributed by atoms with Crippen LogP contribution >= 0.6 is 0 Å². The predicted octanol–water partition coefficient (Wildman–Crippen LogP) is -0.0429. The van der Waals surface area contributed by atoms with Crippen LogP contribution in [-0.4, -0.2) is 70.2 Å². The van der Waals surface area contributed by atoms with Gasteiger partial charge in [-0.2, -0.15) is 0 Å². The van der Waals surface area contributed by atoms with Gasteiger partial charge < -0.3 is 19.8 Å². The molecule has 0 radical (unpaired) electrons. The van der Waals surface area contributed by atoms with Crippen LogP contribution in [0, 0.1) is 5.82 Å². The molecule has 1 N–H and O–H groups in total. The van der Waals surface area contributed by atoms with Crippen LogP contribution in [0.4, 0.5) is 20.6 Å². The molecule has 0 bridgehead atoms. The average molecular weight is 348 g/mol. The number of amides is 2. The third-order valence-corrected chi connectivity index (χ3v) is 4.54. The number of piperazine rings is 1. The van der Waals surface area contributed by atoms with E-state index in [1.807, 2.05) is 12.9 Å². The summed E-state index contributed by atoms with van der Waals surface area (Å²) in [7, 11) is 2.05. The smallest absolute Gasteiger partial charge is 0.414 e. The van der Waals surface area contributed by atoms with Gasteiger partial charge in [0.05, 0.1) is 24.5 Å². The highest BCUT2D eigenvalue weighted by atomic mass is 19.1. The number of cyclic esters (lactones) is 1. The minimum absolute atomic E-state index is 0.183. The minimum Gasteiger partial charge on any atom is -0.442 e. The first kappa shape index (κ1) is 17.5. The van der Waals surface area contributed by atoms with Gasteiger partial charge in [0.2, 0.25) is 5.91 Å². The third kappa shape index (κ3) is 4.04. The number of carbonyl (C=O) groups is 2. The fourth-order valence-corrected chi connectivity index (χ4v) is 3.06. The van der Waals surface area contributed by atoms with Gasteiger partial charge in [-0.25, -0.2) is 9.18 Å². The molecule has 25 heavy (non-hydrogen) atoms. The highest BCUT2D eigenvalue weighted by molar-refractivity contribution is 6.04. The van der Waals surface area contributed by atoms with E-state index in [2.05, 4.69) is 10.1 Å². The Hall–Kier alpha value is -2.29. The molecule has 0 aromatic heterocycles. The van der Waals surface area contributed by atoms with Crippen LogP contribution in [-0.2, 0) is 9.53 Å². The second-order valence-corrected chi connectivity index (χ2v) is 6.48. The molecule has 0 spiro atoms. The molecule has 0 unspecified atom stereocenters. The van der Waals surface area contributed by atoms with E-state index >= 15 is 0 Å². The van der Waals surface area contributed by atoms with Crippen molar-refractivity contribution in [1.82, 2.24) is 10.1 Å². The summed E-state index contributed by atoms with van der Waals surface area (Å²) in [5.41, 5.74) is 1.02. The number of benzene rings is 1. The van der Waals surface area contributed by atoms with E-state index in [-0.39, 0.29) is 24.8 Å². The van der Waals surface area contributed by atoms with Crippen molar-refractivity contribution < 1.29 is 18.7 Å². The van der Waals surface area contributed by atoms with Crippen LogP contribution in [0.15, 0.2) is 18.2 Å². The molecule has 7 nitrogen and oxygen atoms in total. The normalized spacial score (nSPS) is 21.4. The molecule has 134 valence electrons. The molecule has 0 aliphatic carbocycles. The molecule has 9 heteroatoms. The highest BCUT2D eigenvalue weighted by Crippen LogP contribution is 2.28. The first-order chi connectivity index (χ1) is 11.9. The van der Waals surface area contributed by atoms with Crippen molar-refractivity contribution in [2.75, 3.05) is 49.1 Å². The number of anilines is 2. The van der Waals surface area contributed by atoms with E-state index < -0.39 is 12.2 Å². The summed E-state index contributed by atoms with van der Waals surface area (Å²) in [6.45, 7) is 5.27. The lowest BCUT2D eigenvalue weighted by atomic mass is 10.1. The molecule has 2 aliphatic rings. The lowest BCUT2D eigenvalue weighted by Crippen LogP contribution is -2.45. The van der Waals surface area contributed by atoms with E-state index in [1.165, 1.54) is 17.9 Å². The molecule has 2 fully saturated rings. The van der Waals surface area contributed by atoms with E-state index in [0.29, 0.717) is 11.4 Å². The van der Waals surface area contributed by atoms with Crippen LogP contribution in [0.25, 0.3) is 0 Å². The zero-order chi connectivity index (χ0) is 18.0. The molecular formula is C16H22BFN4O3. The molecule has 1 atom stereocenters. The fraction of sp³-hybridized carbons (Fsp3) is 0.500. The topological polar surface area (TPSA) is 65.1 Å². The Morgan fingerprint density at radius 3 is 2.72 bits per heavy atom. The maximum Gasteiger partial charge on any atom is 0.414 e. The van der Waals surface area contributed by atoms with Crippen molar-refractivity contribution in [2.45, 2.75) is 13.0 Å². The first-order valence-electron chi connectivity index (χ1n) is 8.39. The summed E-state index contributed by atoms with van der Waals surface area (Å²) in [5.74, 6) is -0.530. The van der Waals surface area contributed by atoms with Gasteiger partial charge in [-0.1, -0.05) is 0 Å². The summed E-state index contributed by atoms with van der Waals surface area (Å²) in [6.07, 6.45) is -0.959. The molecule has 1 aromatic rings. The average Bonchev–Trinajstić information content (AvgIpc) is 2.95. The van der Waals surface area contributed by atoms with Crippen LogP contribution in [0.2, 0.25) is 0 Å². The van der Waals surface area contributed by atoms with Crippen molar-refractivity contribution in [1.29, 1.82) is 0 Å². The van der Waals surface area contributed by atoms with E-state index in [0.717, 1.165) is 26.2 Å². The summed E-state index contributed by atoms with van der Waals surface area (Å²) in [5, 5.41) is 2.62. The van der Waals surface area contributed by atoms with Crippen molar-refractivity contribution >= 4 is 31.4 Å². The lowest BCUT2D eigenvalue weighted by molar-refractivity contribution is -0.119. The fourth-order valence-electron chi connectivity index (χ4n) is 3.06. The quantitative estimate of drug-likeness (QED) is 0.774. The number of rotatable bonds is 4. The van der Waals surface area contributed by atoms with Crippen LogP contribution in [0.1, 0.15) is 6.92 Å². The van der Waals surface area contributed by atoms with Crippen LogP contribution in [0.5, 0.6) is 0 Å². The van der Waals surface area contributed by atoms with Gasteiger partial charge in [0, 0.05) is 33.1 Å². The Balaban J connectivity index is 1.68. The van der Waals surface area contributed by atoms with Gasteiger partial charge in [-0.3, -0.25) is 9.69 Å². The summed E-state index contributed by atoms with van der Waals surface area (Å²) in [4.78, 5) is 28.6. The Kier molecular flexibility index (Phi) is 5.12. The molecular weight excluding hydrogens is 326 g/mol. The SMILES string of the molecule is BN1CCN(c2ccc(N3C[C@H](CNC(C)=O)OC3=O)cc2F)CC1. The second kappa shape index (κ2) is 7.31. The summed E-state index contributed by atoms with van der Waals surface area (Å²) in [6, 6.07) is 4.82. The maximum absolute atomic E-state index is 14.6. The number of hydrogen-bond acceptors (Lipinski definition) is 5. The molecule has 1 aromatic carbocycles. The van der Waals surface area contributed by atoms with Crippen molar-refractivity contribution in [3.8, 4) is 0 Å². The number of halogens is 1. The number of nitrogens with one attached hydrogen (secondary N) is 1. The number of ether oxygens (including phenoxy) is 1. The molecule has 2 aliphatic heterocycles. The van der Waals surface area contributed by atoms with Gasteiger partial charge in [-0.05, 0) is 18.2 Å². The van der Waals surface area contributed by atoms with Gasteiger partial charge in [0.15, 0.2) is 7.98 Å².